The van der Waals surface area contributed by atoms with Crippen molar-refractivity contribution >= 4 is 88.9 Å². The number of carbonyl (C=O) groups is 15. The monoisotopic (exact) mass is 1240 g/mol. The maximum absolute atomic E-state index is 14.6. The molecule has 0 saturated carbocycles. The van der Waals surface area contributed by atoms with Crippen LogP contribution < -0.4 is 59.3 Å². The quantitative estimate of drug-likeness (QED) is 0.0283. The van der Waals surface area contributed by atoms with Crippen molar-refractivity contribution in [2.45, 2.75) is 213 Å². The number of carboxylic acid groups (broad SMARTS) is 5. The van der Waals surface area contributed by atoms with Crippen LogP contribution in [0.1, 0.15) is 153 Å². The first kappa shape index (κ1) is 79.0. The summed E-state index contributed by atoms with van der Waals surface area (Å²) in [4.78, 5) is 197. The van der Waals surface area contributed by atoms with Gasteiger partial charge >= 0.3 is 29.8 Å². The SMILES string of the molecule is CCCCCN(C(=O)C(CC(=O)O)NC(=O)C(NC(=O)C(N)CCCCN)C(C)C)C(C(=O)NC(CC(=O)O)C(=O)NC(CCC(=O)O)C(=O)NC(C(=O)NCC(=O)NC(CCC(=O)O)C(=O)NC(C)C(=O)NC(CC(C)C)C(=O)O)C(C)C)C(C)C. The fourth-order valence-electron chi connectivity index (χ4n) is 8.66. The van der Waals surface area contributed by atoms with Gasteiger partial charge in [0.15, 0.2) is 0 Å². The molecule has 0 radical (unpaired) electrons. The van der Waals surface area contributed by atoms with Crippen molar-refractivity contribution in [3.05, 3.63) is 0 Å². The third kappa shape index (κ3) is 30.8. The van der Waals surface area contributed by atoms with Crippen molar-refractivity contribution in [2.75, 3.05) is 19.6 Å². The molecule has 0 saturated heterocycles. The molecule has 87 heavy (non-hydrogen) atoms. The van der Waals surface area contributed by atoms with Crippen LogP contribution in [0.25, 0.3) is 0 Å². The number of aliphatic carboxylic acids is 5. The van der Waals surface area contributed by atoms with Gasteiger partial charge in [-0.1, -0.05) is 81.6 Å². The van der Waals surface area contributed by atoms with Crippen molar-refractivity contribution in [3.8, 4) is 0 Å². The Balaban J connectivity index is 6.81. The van der Waals surface area contributed by atoms with Gasteiger partial charge in [0.05, 0.1) is 25.4 Å². The zero-order valence-corrected chi connectivity index (χ0v) is 51.4. The average Bonchev–Trinajstić information content (AvgIpc) is 3.60. The number of unbranched alkanes of at least 4 members (excludes halogenated alkanes) is 3. The molecule has 32 heteroatoms. The van der Waals surface area contributed by atoms with Crippen LogP contribution in [0.15, 0.2) is 0 Å². The summed E-state index contributed by atoms with van der Waals surface area (Å²) in [6.07, 6.45) is -2.08. The number of nitrogens with zero attached hydrogens (tertiary/aromatic N) is 1. The highest BCUT2D eigenvalue weighted by molar-refractivity contribution is 6.00. The molecule has 32 nitrogen and oxygen atoms in total. The van der Waals surface area contributed by atoms with Crippen molar-refractivity contribution in [2.24, 2.45) is 35.1 Å². The Morgan fingerprint density at radius 3 is 1.40 bits per heavy atom. The topological polar surface area (TPSA) is 521 Å². The molecule has 0 aliphatic heterocycles. The zero-order chi connectivity index (χ0) is 67.0. The predicted molar refractivity (Wildman–Crippen MR) is 310 cm³/mol. The van der Waals surface area contributed by atoms with Gasteiger partial charge in [0.2, 0.25) is 59.1 Å². The van der Waals surface area contributed by atoms with Crippen LogP contribution in [0.5, 0.6) is 0 Å². The number of carboxylic acids is 5. The van der Waals surface area contributed by atoms with E-state index in [1.54, 1.807) is 27.7 Å². The fraction of sp³-hybridized carbons (Fsp3) is 0.727. The van der Waals surface area contributed by atoms with Gasteiger partial charge in [-0.05, 0) is 75.7 Å². The fourth-order valence-corrected chi connectivity index (χ4v) is 8.66. The molecular formula is C55H94N12O20. The number of amides is 10. The standard InChI is InChI=1S/C55H94N12O20/c1-11-12-15-22-67(54(85)36(25-42(75)76)63-52(83)44(29(6)7)65-47(78)32(57)16-13-14-21-56)45(30(8)9)53(84)62-35(24-41(73)74)50(81)61-34(18-20-40(71)72)49(80)66-43(28(4)5)51(82)58-26-38(68)60-33(17-19-39(69)70)48(79)59-31(10)46(77)64-37(55(86)87)23-27(2)3/h27-37,43-45H,11-26,56-57H2,1-10H3,(H,58,82)(H,59,79)(H,60,68)(H,61,81)(H,62,84)(H,63,83)(H,64,77)(H,65,78)(H,66,80)(H,69,70)(H,71,72)(H,73,74)(H,75,76)(H,86,87). The largest absolute Gasteiger partial charge is 0.481 e. The summed E-state index contributed by atoms with van der Waals surface area (Å²) < 4.78 is 0. The summed E-state index contributed by atoms with van der Waals surface area (Å²) in [6.45, 7) is 14.8. The van der Waals surface area contributed by atoms with Crippen LogP contribution in [-0.4, -0.2) is 199 Å². The third-order valence-corrected chi connectivity index (χ3v) is 13.4. The van der Waals surface area contributed by atoms with E-state index in [2.05, 4.69) is 47.9 Å². The first-order valence-corrected chi connectivity index (χ1v) is 29.0. The minimum absolute atomic E-state index is 0.0590. The Morgan fingerprint density at radius 2 is 0.920 bits per heavy atom. The van der Waals surface area contributed by atoms with Gasteiger partial charge < -0.3 is 89.8 Å². The number of hydrogen-bond donors (Lipinski definition) is 16. The molecule has 10 amide bonds. The summed E-state index contributed by atoms with van der Waals surface area (Å²) in [5, 5.41) is 69.3. The second-order valence-corrected chi connectivity index (χ2v) is 22.6. The lowest BCUT2D eigenvalue weighted by Crippen LogP contribution is -2.62. The smallest absolute Gasteiger partial charge is 0.326 e. The van der Waals surface area contributed by atoms with Crippen LogP contribution in [-0.2, 0) is 71.9 Å². The molecule has 10 unspecified atom stereocenters. The van der Waals surface area contributed by atoms with E-state index in [0.29, 0.717) is 32.2 Å². The van der Waals surface area contributed by atoms with E-state index >= 15 is 0 Å². The van der Waals surface area contributed by atoms with Gasteiger partial charge in [-0.15, -0.1) is 0 Å². The molecule has 10 atom stereocenters. The van der Waals surface area contributed by atoms with E-state index in [4.69, 9.17) is 11.5 Å². The minimum atomic E-state index is -2.06. The van der Waals surface area contributed by atoms with Crippen LogP contribution in [0.2, 0.25) is 0 Å². The Morgan fingerprint density at radius 1 is 0.448 bits per heavy atom. The molecule has 0 spiro atoms. The Labute approximate surface area is 505 Å². The van der Waals surface area contributed by atoms with E-state index in [1.807, 2.05) is 6.92 Å². The maximum atomic E-state index is 14.6. The molecule has 0 aliphatic rings. The highest BCUT2D eigenvalue weighted by Gasteiger charge is 2.41. The number of hydrogen-bond acceptors (Lipinski definition) is 17. The summed E-state index contributed by atoms with van der Waals surface area (Å²) in [6, 6.07) is -15.5. The van der Waals surface area contributed by atoms with Crippen molar-refractivity contribution < 1.29 is 97.5 Å². The lowest BCUT2D eigenvalue weighted by atomic mass is 9.97. The second-order valence-electron chi connectivity index (χ2n) is 22.6. The molecular weight excluding hydrogens is 1150 g/mol. The number of rotatable bonds is 44. The normalized spacial score (nSPS) is 14.7. The molecule has 0 aliphatic carbocycles. The Hall–Kier alpha value is -8.03. The van der Waals surface area contributed by atoms with E-state index < -0.39 is 212 Å². The molecule has 0 bridgehead atoms. The maximum Gasteiger partial charge on any atom is 0.326 e. The Bertz CT molecular complexity index is 2390. The van der Waals surface area contributed by atoms with Crippen molar-refractivity contribution in [3.63, 3.8) is 0 Å². The second kappa shape index (κ2) is 40.4. The molecule has 0 aromatic rings. The number of nitrogens with one attached hydrogen (secondary N) is 9. The van der Waals surface area contributed by atoms with Crippen LogP contribution in [0.4, 0.5) is 0 Å². The molecule has 494 valence electrons. The molecule has 0 fully saturated rings. The number of carbonyl (C=O) groups excluding carboxylic acids is 10. The van der Waals surface area contributed by atoms with E-state index in [0.717, 1.165) is 4.90 Å². The summed E-state index contributed by atoms with van der Waals surface area (Å²) in [7, 11) is 0. The molecule has 18 N–H and O–H groups in total. The van der Waals surface area contributed by atoms with Gasteiger partial charge in [0, 0.05) is 19.4 Å². The van der Waals surface area contributed by atoms with Gasteiger partial charge in [-0.2, -0.15) is 0 Å². The van der Waals surface area contributed by atoms with E-state index in [-0.39, 0.29) is 31.7 Å². The van der Waals surface area contributed by atoms with E-state index in [9.17, 15) is 97.5 Å². The molecule has 0 aromatic carbocycles. The van der Waals surface area contributed by atoms with Crippen molar-refractivity contribution in [1.82, 2.24) is 52.8 Å². The first-order valence-electron chi connectivity index (χ1n) is 29.0. The minimum Gasteiger partial charge on any atom is -0.481 e. The van der Waals surface area contributed by atoms with Crippen molar-refractivity contribution in [1.29, 1.82) is 0 Å². The van der Waals surface area contributed by atoms with Crippen LogP contribution in [0.3, 0.4) is 0 Å². The average molecular weight is 1240 g/mol. The Kier molecular flexibility index (Phi) is 36.6. The molecule has 0 heterocycles. The van der Waals surface area contributed by atoms with Gasteiger partial charge in [0.1, 0.15) is 54.4 Å². The zero-order valence-electron chi connectivity index (χ0n) is 51.4. The summed E-state index contributed by atoms with van der Waals surface area (Å²) in [5.41, 5.74) is 11.6. The highest BCUT2D eigenvalue weighted by Crippen LogP contribution is 2.18. The number of nitrogens with two attached hydrogens (primary N) is 2. The highest BCUT2D eigenvalue weighted by atomic mass is 16.4. The first-order chi connectivity index (χ1) is 40.5. The molecule has 0 rings (SSSR count). The third-order valence-electron chi connectivity index (χ3n) is 13.4. The van der Waals surface area contributed by atoms with Crippen LogP contribution >= 0.6 is 0 Å². The lowest BCUT2D eigenvalue weighted by molar-refractivity contribution is -0.149. The van der Waals surface area contributed by atoms with Gasteiger partial charge in [-0.3, -0.25) is 67.1 Å². The molecule has 0 aromatic heterocycles. The summed E-state index contributed by atoms with van der Waals surface area (Å²) >= 11 is 0. The predicted octanol–water partition coefficient (Wildman–Crippen LogP) is -2.38. The van der Waals surface area contributed by atoms with Gasteiger partial charge in [0.25, 0.3) is 0 Å². The van der Waals surface area contributed by atoms with Crippen LogP contribution in [0, 0.1) is 23.7 Å². The lowest BCUT2D eigenvalue weighted by Gasteiger charge is -2.37. The van der Waals surface area contributed by atoms with E-state index in [1.165, 1.54) is 34.6 Å². The summed E-state index contributed by atoms with van der Waals surface area (Å²) in [5.74, 6) is -20.2. The van der Waals surface area contributed by atoms with Gasteiger partial charge in [-0.25, -0.2) is 4.79 Å².